The highest BCUT2D eigenvalue weighted by Crippen LogP contribution is 2.55. The van der Waals surface area contributed by atoms with Gasteiger partial charge in [0.1, 0.15) is 11.2 Å². The highest BCUT2D eigenvalue weighted by Gasteiger charge is 2.36. The smallest absolute Gasteiger partial charge is 0.143 e. The Bertz CT molecular complexity index is 2890. The molecule has 0 saturated heterocycles. The highest BCUT2D eigenvalue weighted by molar-refractivity contribution is 6.19. The topological polar surface area (TPSA) is 16.4 Å². The zero-order valence-corrected chi connectivity index (χ0v) is 28.4. The summed E-state index contributed by atoms with van der Waals surface area (Å²) in [7, 11) is 0. The van der Waals surface area contributed by atoms with Crippen molar-refractivity contribution >= 4 is 49.8 Å². The van der Waals surface area contributed by atoms with Gasteiger partial charge in [-0.3, -0.25) is 0 Å². The van der Waals surface area contributed by atoms with Gasteiger partial charge < -0.3 is 9.32 Å². The zero-order chi connectivity index (χ0) is 33.8. The molecule has 240 valence electrons. The molecule has 0 aliphatic heterocycles. The van der Waals surface area contributed by atoms with E-state index in [1.807, 2.05) is 12.1 Å². The first kappa shape index (κ1) is 28.5. The normalized spacial score (nSPS) is 13.5. The van der Waals surface area contributed by atoms with Gasteiger partial charge in [0, 0.05) is 38.7 Å². The summed E-state index contributed by atoms with van der Waals surface area (Å²) >= 11 is 0. The first-order chi connectivity index (χ1) is 25.1. The minimum Gasteiger partial charge on any atom is -0.455 e. The second-order valence-electron chi connectivity index (χ2n) is 14.5. The van der Waals surface area contributed by atoms with E-state index in [1.165, 1.54) is 61.0 Å². The first-order valence-corrected chi connectivity index (χ1v) is 17.8. The largest absolute Gasteiger partial charge is 0.455 e. The fraction of sp³-hybridized carbons (Fsp3) is 0.0612. The molecule has 51 heavy (non-hydrogen) atoms. The van der Waals surface area contributed by atoms with Gasteiger partial charge in [-0.05, 0) is 91.7 Å². The molecule has 9 aromatic rings. The second kappa shape index (κ2) is 10.3. The zero-order valence-electron chi connectivity index (χ0n) is 28.4. The maximum absolute atomic E-state index is 6.44. The lowest BCUT2D eigenvalue weighted by atomic mass is 9.82. The molecule has 8 aromatic carbocycles. The number of fused-ring (bicyclic) bond motifs is 9. The summed E-state index contributed by atoms with van der Waals surface area (Å²) in [5.41, 5.74) is 18.0. The number of para-hydroxylation sites is 2. The molecule has 11 rings (SSSR count). The Morgan fingerprint density at radius 1 is 0.471 bits per heavy atom. The lowest BCUT2D eigenvalue weighted by Crippen LogP contribution is -2.16. The fourth-order valence-electron chi connectivity index (χ4n) is 9.01. The average molecular weight is 652 g/mol. The van der Waals surface area contributed by atoms with Crippen LogP contribution in [-0.4, -0.2) is 0 Å². The number of rotatable bonds is 4. The van der Waals surface area contributed by atoms with Crippen molar-refractivity contribution in [2.24, 2.45) is 0 Å². The molecule has 0 unspecified atom stereocenters. The van der Waals surface area contributed by atoms with E-state index in [1.54, 1.807) is 0 Å². The van der Waals surface area contributed by atoms with Crippen LogP contribution < -0.4 is 4.90 Å². The molecular weight excluding hydrogens is 619 g/mol. The van der Waals surface area contributed by atoms with Crippen LogP contribution >= 0.6 is 0 Å². The molecular formula is C49H33NO. The van der Waals surface area contributed by atoms with Crippen molar-refractivity contribution in [2.75, 3.05) is 4.90 Å². The van der Waals surface area contributed by atoms with Gasteiger partial charge in [-0.1, -0.05) is 141 Å². The number of benzene rings is 8. The standard InChI is InChI=1S/C49H33NO/c1-49(2)42-19-7-5-13-36(42)37-27-26-33(29-43(37)49)50(44-28-23-31-11-9-17-39-35-12-3-4-15-40(35)47(44)46(31)39)32-24-21-30(22-25-32)34-16-10-18-41-38-14-6-8-20-45(38)51-48(34)41/h3-29H,1-2H3. The summed E-state index contributed by atoms with van der Waals surface area (Å²) in [5.74, 6) is 0. The number of anilines is 3. The maximum atomic E-state index is 6.44. The summed E-state index contributed by atoms with van der Waals surface area (Å²) in [5, 5.41) is 4.88. The van der Waals surface area contributed by atoms with E-state index < -0.39 is 0 Å². The van der Waals surface area contributed by atoms with Gasteiger partial charge in [0.2, 0.25) is 0 Å². The lowest BCUT2D eigenvalue weighted by Gasteiger charge is -2.30. The van der Waals surface area contributed by atoms with E-state index in [0.29, 0.717) is 0 Å². The molecule has 2 heteroatoms. The van der Waals surface area contributed by atoms with Crippen molar-refractivity contribution in [3.8, 4) is 44.5 Å². The number of nitrogens with zero attached hydrogens (tertiary/aromatic N) is 1. The molecule has 0 fully saturated rings. The maximum Gasteiger partial charge on any atom is 0.143 e. The Morgan fingerprint density at radius 3 is 2.02 bits per heavy atom. The fourth-order valence-corrected chi connectivity index (χ4v) is 9.01. The first-order valence-electron chi connectivity index (χ1n) is 17.8. The SMILES string of the molecule is CC1(C)c2ccccc2-c2ccc(N(c3ccc(-c4cccc5c4oc4ccccc45)cc3)c3ccc4cccc5c4c3-c3ccccc3-5)cc21. The van der Waals surface area contributed by atoms with E-state index in [0.717, 1.165) is 44.4 Å². The summed E-state index contributed by atoms with van der Waals surface area (Å²) < 4.78 is 6.44. The number of hydrogen-bond donors (Lipinski definition) is 0. The van der Waals surface area contributed by atoms with E-state index in [4.69, 9.17) is 4.42 Å². The van der Waals surface area contributed by atoms with Gasteiger partial charge in [0.05, 0.1) is 5.69 Å². The molecule has 0 atom stereocenters. The molecule has 2 aliphatic rings. The molecule has 0 radical (unpaired) electrons. The molecule has 0 N–H and O–H groups in total. The third-order valence-corrected chi connectivity index (χ3v) is 11.4. The lowest BCUT2D eigenvalue weighted by molar-refractivity contribution is 0.660. The van der Waals surface area contributed by atoms with Crippen LogP contribution in [0.5, 0.6) is 0 Å². The Kier molecular flexibility index (Phi) is 5.76. The summed E-state index contributed by atoms with van der Waals surface area (Å²) in [6.45, 7) is 4.72. The molecule has 2 nitrogen and oxygen atoms in total. The van der Waals surface area contributed by atoms with Crippen LogP contribution in [0.25, 0.3) is 77.2 Å². The van der Waals surface area contributed by atoms with Gasteiger partial charge in [-0.15, -0.1) is 0 Å². The van der Waals surface area contributed by atoms with Crippen LogP contribution in [0, 0.1) is 0 Å². The predicted octanol–water partition coefficient (Wildman–Crippen LogP) is 13.8. The third-order valence-electron chi connectivity index (χ3n) is 11.4. The van der Waals surface area contributed by atoms with E-state index in [-0.39, 0.29) is 5.41 Å². The minimum absolute atomic E-state index is 0.108. The third kappa shape index (κ3) is 3.93. The van der Waals surface area contributed by atoms with Crippen molar-refractivity contribution in [1.82, 2.24) is 0 Å². The van der Waals surface area contributed by atoms with Gasteiger partial charge in [0.25, 0.3) is 0 Å². The van der Waals surface area contributed by atoms with Crippen molar-refractivity contribution < 1.29 is 4.42 Å². The molecule has 1 aromatic heterocycles. The van der Waals surface area contributed by atoms with Gasteiger partial charge in [-0.25, -0.2) is 0 Å². The predicted molar refractivity (Wildman–Crippen MR) is 213 cm³/mol. The summed E-state index contributed by atoms with van der Waals surface area (Å²) in [6, 6.07) is 59.9. The Morgan fingerprint density at radius 2 is 1.14 bits per heavy atom. The second-order valence-corrected chi connectivity index (χ2v) is 14.5. The summed E-state index contributed by atoms with van der Waals surface area (Å²) in [6.07, 6.45) is 0. The molecule has 0 bridgehead atoms. The van der Waals surface area contributed by atoms with Crippen LogP contribution in [0.15, 0.2) is 168 Å². The van der Waals surface area contributed by atoms with Crippen molar-refractivity contribution in [1.29, 1.82) is 0 Å². The van der Waals surface area contributed by atoms with Crippen LogP contribution in [0.2, 0.25) is 0 Å². The van der Waals surface area contributed by atoms with Crippen LogP contribution in [0.3, 0.4) is 0 Å². The van der Waals surface area contributed by atoms with Gasteiger partial charge in [0.15, 0.2) is 0 Å². The van der Waals surface area contributed by atoms with E-state index >= 15 is 0 Å². The number of hydrogen-bond acceptors (Lipinski definition) is 2. The quantitative estimate of drug-likeness (QED) is 0.188. The average Bonchev–Trinajstić information content (AvgIpc) is 3.80. The molecule has 0 amide bonds. The van der Waals surface area contributed by atoms with Gasteiger partial charge in [-0.2, -0.15) is 0 Å². The van der Waals surface area contributed by atoms with Crippen LogP contribution in [0.1, 0.15) is 25.0 Å². The monoisotopic (exact) mass is 651 g/mol. The van der Waals surface area contributed by atoms with Crippen molar-refractivity contribution in [3.63, 3.8) is 0 Å². The van der Waals surface area contributed by atoms with Crippen LogP contribution in [0.4, 0.5) is 17.1 Å². The van der Waals surface area contributed by atoms with Crippen molar-refractivity contribution in [3.05, 3.63) is 175 Å². The van der Waals surface area contributed by atoms with E-state index in [9.17, 15) is 0 Å². The Hall–Kier alpha value is -6.38. The van der Waals surface area contributed by atoms with E-state index in [2.05, 4.69) is 170 Å². The number of furan rings is 1. The van der Waals surface area contributed by atoms with Crippen molar-refractivity contribution in [2.45, 2.75) is 19.3 Å². The summed E-state index contributed by atoms with van der Waals surface area (Å²) in [4.78, 5) is 2.47. The highest BCUT2D eigenvalue weighted by atomic mass is 16.3. The van der Waals surface area contributed by atoms with Gasteiger partial charge >= 0.3 is 0 Å². The molecule has 2 aliphatic carbocycles. The molecule has 1 heterocycles. The Balaban J connectivity index is 1.13. The molecule has 0 saturated carbocycles. The minimum atomic E-state index is -0.108. The Labute approximate surface area is 296 Å². The molecule has 0 spiro atoms. The van der Waals surface area contributed by atoms with Crippen LogP contribution in [-0.2, 0) is 5.41 Å².